The van der Waals surface area contributed by atoms with Crippen molar-refractivity contribution in [2.24, 2.45) is 0 Å². The molecule has 0 saturated carbocycles. The topological polar surface area (TPSA) is 12.0 Å². The highest BCUT2D eigenvalue weighted by atomic mass is 14.9. The van der Waals surface area contributed by atoms with E-state index in [1.165, 1.54) is 31.2 Å². The summed E-state index contributed by atoms with van der Waals surface area (Å²) in [6, 6.07) is 7.36. The van der Waals surface area contributed by atoms with Crippen LogP contribution in [-0.4, -0.2) is 6.04 Å². The first-order valence-corrected chi connectivity index (χ1v) is 6.10. The minimum atomic E-state index is 0.574. The predicted molar refractivity (Wildman–Crippen MR) is 65.1 cm³/mol. The van der Waals surface area contributed by atoms with E-state index in [0.29, 0.717) is 6.04 Å². The largest absolute Gasteiger partial charge is 0.310 e. The smallest absolute Gasteiger partial charge is 0.0210 e. The van der Waals surface area contributed by atoms with E-state index < -0.39 is 0 Å². The van der Waals surface area contributed by atoms with Crippen LogP contribution in [0.25, 0.3) is 0 Å². The van der Waals surface area contributed by atoms with Gasteiger partial charge in [-0.3, -0.25) is 0 Å². The van der Waals surface area contributed by atoms with Crippen LogP contribution in [0.3, 0.4) is 0 Å². The van der Waals surface area contributed by atoms with Crippen LogP contribution in [0.2, 0.25) is 0 Å². The summed E-state index contributed by atoms with van der Waals surface area (Å²) in [6.45, 7) is 5.44. The Morgan fingerprint density at radius 2 is 2.00 bits per heavy atom. The molecule has 0 amide bonds. The molecule has 1 aliphatic carbocycles. The molecule has 1 aromatic carbocycles. The second-order valence-electron chi connectivity index (χ2n) is 4.80. The van der Waals surface area contributed by atoms with Gasteiger partial charge in [-0.05, 0) is 42.4 Å². The van der Waals surface area contributed by atoms with Crippen LogP contribution >= 0.6 is 0 Å². The van der Waals surface area contributed by atoms with E-state index in [4.69, 9.17) is 0 Å². The van der Waals surface area contributed by atoms with Crippen molar-refractivity contribution in [3.05, 3.63) is 34.9 Å². The molecular weight excluding hydrogens is 182 g/mol. The van der Waals surface area contributed by atoms with E-state index >= 15 is 0 Å². The molecule has 0 bridgehead atoms. The summed E-state index contributed by atoms with van der Waals surface area (Å²) in [5.41, 5.74) is 4.72. The molecule has 1 nitrogen and oxygen atoms in total. The highest BCUT2D eigenvalue weighted by molar-refractivity contribution is 5.36. The molecule has 0 heterocycles. The van der Waals surface area contributed by atoms with E-state index in [-0.39, 0.29) is 0 Å². The fourth-order valence-corrected chi connectivity index (χ4v) is 2.34. The Hall–Kier alpha value is -0.820. The van der Waals surface area contributed by atoms with Gasteiger partial charge in [0.1, 0.15) is 0 Å². The fraction of sp³-hybridized carbons (Fsp3) is 0.571. The molecule has 0 saturated heterocycles. The molecule has 0 spiro atoms. The average Bonchev–Trinajstić information content (AvgIpc) is 2.26. The van der Waals surface area contributed by atoms with Crippen LogP contribution in [0.1, 0.15) is 43.4 Å². The van der Waals surface area contributed by atoms with Crippen molar-refractivity contribution >= 4 is 0 Å². The molecule has 1 aliphatic rings. The van der Waals surface area contributed by atoms with E-state index in [9.17, 15) is 0 Å². The first-order chi connectivity index (χ1) is 7.27. The van der Waals surface area contributed by atoms with Gasteiger partial charge in [0.25, 0.3) is 0 Å². The maximum atomic E-state index is 3.51. The Balaban J connectivity index is 2.16. The molecule has 15 heavy (non-hydrogen) atoms. The normalized spacial score (nSPS) is 15.4. The van der Waals surface area contributed by atoms with Crippen molar-refractivity contribution in [3.8, 4) is 0 Å². The summed E-state index contributed by atoms with van der Waals surface area (Å²) in [4.78, 5) is 0. The van der Waals surface area contributed by atoms with E-state index in [2.05, 4.69) is 37.4 Å². The molecule has 1 heteroatoms. The molecule has 1 aromatic rings. The van der Waals surface area contributed by atoms with Crippen molar-refractivity contribution in [1.82, 2.24) is 5.32 Å². The number of hydrogen-bond acceptors (Lipinski definition) is 1. The van der Waals surface area contributed by atoms with Crippen LogP contribution < -0.4 is 5.32 Å². The summed E-state index contributed by atoms with van der Waals surface area (Å²) < 4.78 is 0. The van der Waals surface area contributed by atoms with Gasteiger partial charge in [-0.15, -0.1) is 0 Å². The van der Waals surface area contributed by atoms with Gasteiger partial charge >= 0.3 is 0 Å². The van der Waals surface area contributed by atoms with E-state index in [1.54, 1.807) is 11.1 Å². The zero-order valence-corrected chi connectivity index (χ0v) is 9.84. The lowest BCUT2D eigenvalue weighted by atomic mass is 9.88. The number of fused-ring (bicyclic) bond motifs is 1. The number of nitrogens with one attached hydrogen (secondary N) is 1. The molecule has 0 fully saturated rings. The number of benzene rings is 1. The summed E-state index contributed by atoms with van der Waals surface area (Å²) in [5, 5.41) is 3.51. The molecule has 0 aliphatic heterocycles. The van der Waals surface area contributed by atoms with Gasteiger partial charge in [-0.25, -0.2) is 0 Å². The highest BCUT2D eigenvalue weighted by Gasteiger charge is 2.12. The molecule has 2 rings (SSSR count). The number of rotatable bonds is 3. The zero-order chi connectivity index (χ0) is 10.7. The van der Waals surface area contributed by atoms with Crippen molar-refractivity contribution in [3.63, 3.8) is 0 Å². The third kappa shape index (κ3) is 2.60. The van der Waals surface area contributed by atoms with Crippen LogP contribution in [0.15, 0.2) is 18.2 Å². The average molecular weight is 203 g/mol. The quantitative estimate of drug-likeness (QED) is 0.796. The monoisotopic (exact) mass is 203 g/mol. The van der Waals surface area contributed by atoms with E-state index in [1.807, 2.05) is 0 Å². The summed E-state index contributed by atoms with van der Waals surface area (Å²) in [5.74, 6) is 0. The summed E-state index contributed by atoms with van der Waals surface area (Å²) in [6.07, 6.45) is 5.30. The van der Waals surface area contributed by atoms with Gasteiger partial charge in [-0.2, -0.15) is 0 Å². The molecule has 0 aromatic heterocycles. The van der Waals surface area contributed by atoms with Crippen LogP contribution in [-0.2, 0) is 19.4 Å². The Bertz CT molecular complexity index is 328. The van der Waals surface area contributed by atoms with Crippen LogP contribution in [0.5, 0.6) is 0 Å². The molecular formula is C14H21N. The molecule has 0 unspecified atom stereocenters. The van der Waals surface area contributed by atoms with Crippen LogP contribution in [0, 0.1) is 0 Å². The molecule has 0 atom stereocenters. The maximum Gasteiger partial charge on any atom is 0.0210 e. The number of aryl methyl sites for hydroxylation is 1. The fourth-order valence-electron chi connectivity index (χ4n) is 2.34. The predicted octanol–water partition coefficient (Wildman–Crippen LogP) is 3.06. The van der Waals surface area contributed by atoms with Gasteiger partial charge in [0, 0.05) is 12.6 Å². The Morgan fingerprint density at radius 1 is 1.20 bits per heavy atom. The third-order valence-electron chi connectivity index (χ3n) is 3.19. The Morgan fingerprint density at radius 3 is 2.80 bits per heavy atom. The lowest BCUT2D eigenvalue weighted by molar-refractivity contribution is 0.580. The van der Waals surface area contributed by atoms with Crippen molar-refractivity contribution < 1.29 is 0 Å². The first-order valence-electron chi connectivity index (χ1n) is 6.10. The summed E-state index contributed by atoms with van der Waals surface area (Å²) in [7, 11) is 0. The molecule has 0 radical (unpaired) electrons. The van der Waals surface area contributed by atoms with Gasteiger partial charge in [0.05, 0.1) is 0 Å². The van der Waals surface area contributed by atoms with Crippen molar-refractivity contribution in [2.75, 3.05) is 0 Å². The minimum absolute atomic E-state index is 0.574. The van der Waals surface area contributed by atoms with Gasteiger partial charge in [-0.1, -0.05) is 32.0 Å². The molecule has 1 N–H and O–H groups in total. The number of hydrogen-bond donors (Lipinski definition) is 1. The first kappa shape index (κ1) is 10.7. The Labute approximate surface area is 92.9 Å². The summed E-state index contributed by atoms with van der Waals surface area (Å²) >= 11 is 0. The van der Waals surface area contributed by atoms with E-state index in [0.717, 1.165) is 6.54 Å². The standard InChI is InChI=1S/C14H21N/c1-11(2)15-10-13-8-5-7-12-6-3-4-9-14(12)13/h5,7-8,11,15H,3-4,6,9-10H2,1-2H3. The molecule has 82 valence electrons. The van der Waals surface area contributed by atoms with Gasteiger partial charge in [0.2, 0.25) is 0 Å². The van der Waals surface area contributed by atoms with Crippen molar-refractivity contribution in [1.29, 1.82) is 0 Å². The maximum absolute atomic E-state index is 3.51. The minimum Gasteiger partial charge on any atom is -0.310 e. The SMILES string of the molecule is CC(C)NCc1cccc2c1CCCC2. The van der Waals surface area contributed by atoms with Crippen molar-refractivity contribution in [2.45, 2.75) is 52.1 Å². The van der Waals surface area contributed by atoms with Crippen LogP contribution in [0.4, 0.5) is 0 Å². The zero-order valence-electron chi connectivity index (χ0n) is 9.84. The second-order valence-corrected chi connectivity index (χ2v) is 4.80. The van der Waals surface area contributed by atoms with Gasteiger partial charge in [0.15, 0.2) is 0 Å². The lowest BCUT2D eigenvalue weighted by Crippen LogP contribution is -2.23. The Kier molecular flexibility index (Phi) is 3.42. The second kappa shape index (κ2) is 4.80. The third-order valence-corrected chi connectivity index (χ3v) is 3.19. The lowest BCUT2D eigenvalue weighted by Gasteiger charge is -2.20. The highest BCUT2D eigenvalue weighted by Crippen LogP contribution is 2.24. The van der Waals surface area contributed by atoms with Gasteiger partial charge < -0.3 is 5.32 Å².